The minimum absolute atomic E-state index is 0.331. The first-order valence-electron chi connectivity index (χ1n) is 9.43. The highest BCUT2D eigenvalue weighted by Gasteiger charge is 2.55. The zero-order chi connectivity index (χ0) is 16.4. The van der Waals surface area contributed by atoms with Crippen molar-refractivity contribution in [2.45, 2.75) is 75.5 Å². The molecule has 2 fully saturated rings. The van der Waals surface area contributed by atoms with Crippen molar-refractivity contribution in [1.29, 1.82) is 0 Å². The van der Waals surface area contributed by atoms with E-state index in [0.717, 1.165) is 11.3 Å². The monoisotopic (exact) mass is 380 g/mol. The van der Waals surface area contributed by atoms with E-state index in [-0.39, 0.29) is 0 Å². The van der Waals surface area contributed by atoms with Crippen LogP contribution in [0.4, 0.5) is 0 Å². The second-order valence-electron chi connectivity index (χ2n) is 9.11. The zero-order valence-corrected chi connectivity index (χ0v) is 19.6. The molecule has 0 aliphatic heterocycles. The Hall–Kier alpha value is 1.72. The molecule has 2 unspecified atom stereocenters. The molecule has 0 radical (unpaired) electrons. The first-order valence-corrected chi connectivity index (χ1v) is 20.6. The van der Waals surface area contributed by atoms with Crippen molar-refractivity contribution in [2.24, 2.45) is 0 Å². The van der Waals surface area contributed by atoms with Crippen molar-refractivity contribution >= 4 is 28.5 Å². The highest BCUT2D eigenvalue weighted by atomic mass is 32.7. The summed E-state index contributed by atoms with van der Waals surface area (Å²) in [6.45, 7) is 14.9. The van der Waals surface area contributed by atoms with Crippen LogP contribution >= 0.6 is 28.5 Å². The second kappa shape index (κ2) is 8.40. The molecule has 0 nitrogen and oxygen atoms in total. The molecule has 0 spiro atoms. The molecule has 22 heavy (non-hydrogen) atoms. The molecule has 2 saturated carbocycles. The number of hydrogen-bond donors (Lipinski definition) is 0. The summed E-state index contributed by atoms with van der Waals surface area (Å²) in [5.41, 5.74) is 2.31. The van der Waals surface area contributed by atoms with Crippen LogP contribution in [0.5, 0.6) is 0 Å². The van der Waals surface area contributed by atoms with Crippen LogP contribution in [0, 0.1) is 0 Å². The van der Waals surface area contributed by atoms with Gasteiger partial charge in [-0.15, -0.1) is 0 Å². The Labute approximate surface area is 144 Å². The molecule has 2 aliphatic rings. The van der Waals surface area contributed by atoms with Crippen molar-refractivity contribution < 1.29 is 0 Å². The predicted octanol–water partition coefficient (Wildman–Crippen LogP) is 8.17. The molecule has 0 heterocycles. The topological polar surface area (TPSA) is 0 Å². The van der Waals surface area contributed by atoms with Gasteiger partial charge in [0, 0.05) is 25.2 Å². The molecule has 0 N–H and O–H groups in total. The summed E-state index contributed by atoms with van der Waals surface area (Å²) >= 11 is 0. The molecule has 0 amide bonds. The molecule has 2 aliphatic carbocycles. The lowest BCUT2D eigenvalue weighted by atomic mass is 10.0. The first-order chi connectivity index (χ1) is 10.2. The van der Waals surface area contributed by atoms with Gasteiger partial charge in [-0.3, -0.25) is 0 Å². The van der Waals surface area contributed by atoms with E-state index in [2.05, 4.69) is 40.0 Å². The van der Waals surface area contributed by atoms with Crippen LogP contribution in [-0.2, 0) is 0 Å². The Morgan fingerprint density at radius 1 is 0.500 bits per heavy atom. The third kappa shape index (κ3) is 5.36. The van der Waals surface area contributed by atoms with E-state index in [4.69, 9.17) is 0 Å². The highest BCUT2D eigenvalue weighted by Crippen LogP contribution is 3.06. The van der Waals surface area contributed by atoms with Gasteiger partial charge in [0.2, 0.25) is 0 Å². The van der Waals surface area contributed by atoms with Gasteiger partial charge >= 0.3 is 0 Å². The van der Waals surface area contributed by atoms with E-state index in [1.807, 2.05) is 0 Å². The summed E-state index contributed by atoms with van der Waals surface area (Å²) in [5, 5.41) is 0. The average Bonchev–Trinajstić information content (AvgIpc) is 2.44. The van der Waals surface area contributed by atoms with Crippen molar-refractivity contribution in [3.05, 3.63) is 0 Å². The largest absolute Gasteiger partial charge is 0.122 e. The highest BCUT2D eigenvalue weighted by molar-refractivity contribution is 8.81. The molecule has 0 aromatic rings. The molecule has 0 aromatic heterocycles. The summed E-state index contributed by atoms with van der Waals surface area (Å²) < 4.78 is 0. The van der Waals surface area contributed by atoms with Crippen molar-refractivity contribution in [2.75, 3.05) is 40.0 Å². The van der Waals surface area contributed by atoms with Gasteiger partial charge in [-0.1, -0.05) is 38.5 Å². The molecular formula is C18H40P4+2. The van der Waals surface area contributed by atoms with Crippen LogP contribution < -0.4 is 0 Å². The van der Waals surface area contributed by atoms with Gasteiger partial charge in [-0.05, 0) is 25.7 Å². The van der Waals surface area contributed by atoms with E-state index < -0.39 is 13.9 Å². The maximum atomic E-state index is 2.71. The summed E-state index contributed by atoms with van der Waals surface area (Å²) in [5.74, 6) is 0. The van der Waals surface area contributed by atoms with Gasteiger partial charge < -0.3 is 0 Å². The molecule has 130 valence electrons. The van der Waals surface area contributed by atoms with Gasteiger partial charge in [0.15, 0.2) is 0 Å². The van der Waals surface area contributed by atoms with Crippen LogP contribution in [0.15, 0.2) is 0 Å². The maximum Gasteiger partial charge on any atom is 0.122 e. The van der Waals surface area contributed by atoms with E-state index >= 15 is 0 Å². The van der Waals surface area contributed by atoms with Crippen molar-refractivity contribution in [3.63, 3.8) is 0 Å². The van der Waals surface area contributed by atoms with E-state index in [1.165, 1.54) is 12.8 Å². The molecule has 0 bridgehead atoms. The van der Waals surface area contributed by atoms with E-state index in [1.54, 1.807) is 51.4 Å². The molecule has 4 heteroatoms. The van der Waals surface area contributed by atoms with Gasteiger partial charge in [0.25, 0.3) is 0 Å². The lowest BCUT2D eigenvalue weighted by Gasteiger charge is -2.43. The lowest BCUT2D eigenvalue weighted by molar-refractivity contribution is 0.510. The van der Waals surface area contributed by atoms with E-state index in [0.29, 0.717) is 14.6 Å². The van der Waals surface area contributed by atoms with Gasteiger partial charge in [0.1, 0.15) is 14.6 Å². The quantitative estimate of drug-likeness (QED) is 0.422. The van der Waals surface area contributed by atoms with Crippen molar-refractivity contribution in [3.8, 4) is 0 Å². The Morgan fingerprint density at radius 3 is 1.00 bits per heavy atom. The van der Waals surface area contributed by atoms with Gasteiger partial charge in [-0.2, -0.15) is 0 Å². The first kappa shape index (κ1) is 20.0. The lowest BCUT2D eigenvalue weighted by Crippen LogP contribution is -2.17. The fourth-order valence-corrected chi connectivity index (χ4v) is 49.3. The van der Waals surface area contributed by atoms with Crippen LogP contribution in [0.3, 0.4) is 0 Å². The fraction of sp³-hybridized carbons (Fsp3) is 1.00. The summed E-state index contributed by atoms with van der Waals surface area (Å²) in [6.07, 6.45) is 15.6. The maximum absolute atomic E-state index is 2.71. The van der Waals surface area contributed by atoms with Crippen LogP contribution in [0.1, 0.15) is 64.2 Å². The summed E-state index contributed by atoms with van der Waals surface area (Å²) in [4.78, 5) is 0. The zero-order valence-electron chi connectivity index (χ0n) is 16.0. The van der Waals surface area contributed by atoms with E-state index in [9.17, 15) is 0 Å². The smallest absolute Gasteiger partial charge is 0.0533 e. The summed E-state index contributed by atoms with van der Waals surface area (Å²) in [7, 11) is 0.662. The predicted molar refractivity (Wildman–Crippen MR) is 117 cm³/mol. The standard InChI is InChI=1S/C18H40P4/c1-21(2,3)19(17-13-9-7-10-14-17)20(22(4,5)6)18-15-11-8-12-16-18/h17-18H,7-16H2,1-6H3/q+2. The minimum atomic E-state index is -0.692. The van der Waals surface area contributed by atoms with Gasteiger partial charge in [-0.25, -0.2) is 0 Å². The number of rotatable bonds is 5. The van der Waals surface area contributed by atoms with Crippen LogP contribution in [0.2, 0.25) is 0 Å². The Balaban J connectivity index is 2.29. The van der Waals surface area contributed by atoms with Gasteiger partial charge in [0.05, 0.1) is 40.0 Å². The summed E-state index contributed by atoms with van der Waals surface area (Å²) in [6, 6.07) is 0. The Morgan fingerprint density at radius 2 is 0.773 bits per heavy atom. The molecular weight excluding hydrogens is 340 g/mol. The normalized spacial score (nSPS) is 25.9. The van der Waals surface area contributed by atoms with Crippen LogP contribution in [0.25, 0.3) is 0 Å². The number of hydrogen-bond acceptors (Lipinski definition) is 0. The Bertz CT molecular complexity index is 296. The molecule has 0 saturated heterocycles. The molecule has 0 aromatic carbocycles. The van der Waals surface area contributed by atoms with Crippen molar-refractivity contribution in [1.82, 2.24) is 0 Å². The SMILES string of the molecule is C[P+](C)(C)P(C1CCCCC1)P(C1CCCCC1)[P+](C)(C)C. The van der Waals surface area contributed by atoms with Crippen LogP contribution in [-0.4, -0.2) is 51.3 Å². The second-order valence-corrected chi connectivity index (χ2v) is 33.9. The Kier molecular flexibility index (Phi) is 7.65. The molecule has 2 atom stereocenters. The fourth-order valence-electron chi connectivity index (χ4n) is 4.49. The minimum Gasteiger partial charge on any atom is -0.0533 e. The average molecular weight is 380 g/mol. The third-order valence-corrected chi connectivity index (χ3v) is 37.4. The molecule has 2 rings (SSSR count). The third-order valence-electron chi connectivity index (χ3n) is 5.24.